The van der Waals surface area contributed by atoms with E-state index in [2.05, 4.69) is 29.5 Å². The van der Waals surface area contributed by atoms with Crippen LogP contribution in [0.1, 0.15) is 70.3 Å². The highest BCUT2D eigenvalue weighted by atomic mass is 127. The number of amides is 2. The molecule has 3 aliphatic rings. The summed E-state index contributed by atoms with van der Waals surface area (Å²) >= 11 is 2.07. The number of aromatic hydroxyl groups is 1. The summed E-state index contributed by atoms with van der Waals surface area (Å²) in [5, 5.41) is 32.8. The van der Waals surface area contributed by atoms with Gasteiger partial charge in [-0.05, 0) is 102 Å². The number of methoxy groups -OCH3 is 1. The van der Waals surface area contributed by atoms with Crippen molar-refractivity contribution in [2.45, 2.75) is 76.9 Å². The van der Waals surface area contributed by atoms with E-state index in [0.717, 1.165) is 55.2 Å². The lowest BCUT2D eigenvalue weighted by atomic mass is 9.68. The van der Waals surface area contributed by atoms with E-state index in [1.807, 2.05) is 42.5 Å². The molecule has 2 fully saturated rings. The molecule has 1 saturated carbocycles. The van der Waals surface area contributed by atoms with Gasteiger partial charge < -0.3 is 24.8 Å². The Morgan fingerprint density at radius 1 is 1.11 bits per heavy atom. The molecule has 5 rings (SSSR count). The van der Waals surface area contributed by atoms with Crippen molar-refractivity contribution >= 4 is 40.5 Å². The lowest BCUT2D eigenvalue weighted by molar-refractivity contribution is -0.143. The molecule has 3 N–H and O–H groups in total. The minimum Gasteiger partial charge on any atom is -0.504 e. The Labute approximate surface area is 279 Å². The number of phenolic OH excluding ortho intramolecular Hbond substituents is 1. The zero-order valence-electron chi connectivity index (χ0n) is 26.1. The van der Waals surface area contributed by atoms with Gasteiger partial charge in [0.15, 0.2) is 11.5 Å². The zero-order chi connectivity index (χ0) is 32.1. The number of hydrogen-bond acceptors (Lipinski definition) is 7. The second kappa shape index (κ2) is 15.1. The summed E-state index contributed by atoms with van der Waals surface area (Å²) in [4.78, 5) is 29.2. The van der Waals surface area contributed by atoms with Gasteiger partial charge in [-0.15, -0.1) is 0 Å². The fraction of sp³-hybridized carbons (Fsp3) is 0.500. The maximum atomic E-state index is 13.9. The number of para-hydroxylation sites is 1. The van der Waals surface area contributed by atoms with Crippen molar-refractivity contribution in [3.63, 3.8) is 0 Å². The van der Waals surface area contributed by atoms with Gasteiger partial charge in [-0.25, -0.2) is 0 Å². The molecule has 2 aromatic rings. The molecule has 1 aliphatic heterocycles. The SMILES string of the molecule is CC/C(=C\c1cc(I)c(O)c(OC)c1)CC[C@@H](O)C1=C(COc2ccccc2)C[C@H]2C(=O)N(C3CCCCC3)C(=O)[C@H]2[C@H]1CO. The molecule has 8 nitrogen and oxygen atoms in total. The van der Waals surface area contributed by atoms with Gasteiger partial charge in [-0.2, -0.15) is 0 Å². The molecular formula is C36H44INO7. The number of hydrogen-bond donors (Lipinski definition) is 3. The number of carbonyl (C=O) groups is 2. The summed E-state index contributed by atoms with van der Waals surface area (Å²) in [6, 6.07) is 13.0. The number of carbonyl (C=O) groups excluding carboxylic acids is 2. The van der Waals surface area contributed by atoms with Gasteiger partial charge in [0.1, 0.15) is 12.4 Å². The van der Waals surface area contributed by atoms with E-state index in [1.54, 1.807) is 6.07 Å². The van der Waals surface area contributed by atoms with Gasteiger partial charge in [0.2, 0.25) is 11.8 Å². The maximum absolute atomic E-state index is 13.9. The molecule has 0 radical (unpaired) electrons. The first-order chi connectivity index (χ1) is 21.8. The standard InChI is InChI=1S/C36H44INO7/c1-3-22(16-23-17-29(37)34(41)31(18-23)44-2)14-15-30(40)32-24(21-45-26-12-8-5-9-13-26)19-27-33(28(32)20-39)36(43)38(35(27)42)25-10-6-4-7-11-25/h5,8-9,12-13,16-18,25,27-28,30,33,39-41H,3-4,6-7,10-11,14-15,19-21H2,1-2H3/b22-16+/t27-,28+,30-,33-/m1/s1. The van der Waals surface area contributed by atoms with Crippen molar-refractivity contribution in [3.05, 3.63) is 68.3 Å². The smallest absolute Gasteiger partial charge is 0.234 e. The maximum Gasteiger partial charge on any atom is 0.234 e. The first-order valence-electron chi connectivity index (χ1n) is 16.1. The Hall–Kier alpha value is -2.89. The van der Waals surface area contributed by atoms with Gasteiger partial charge in [0.05, 0.1) is 35.2 Å². The molecule has 2 aliphatic carbocycles. The number of phenols is 1. The molecule has 0 aromatic heterocycles. The van der Waals surface area contributed by atoms with Crippen LogP contribution >= 0.6 is 22.6 Å². The summed E-state index contributed by atoms with van der Waals surface area (Å²) in [5.41, 5.74) is 3.42. The normalized spacial score (nSPS) is 23.4. The Balaban J connectivity index is 1.42. The number of imide groups is 1. The molecule has 242 valence electrons. The van der Waals surface area contributed by atoms with Crippen molar-refractivity contribution in [3.8, 4) is 17.2 Å². The first kappa shape index (κ1) is 33.5. The molecule has 2 aromatic carbocycles. The Morgan fingerprint density at radius 2 is 1.84 bits per heavy atom. The van der Waals surface area contributed by atoms with Crippen LogP contribution < -0.4 is 9.47 Å². The lowest BCUT2D eigenvalue weighted by Crippen LogP contribution is -2.42. The molecule has 9 heteroatoms. The summed E-state index contributed by atoms with van der Waals surface area (Å²) in [5.74, 6) is -1.05. The number of aliphatic hydroxyl groups is 2. The zero-order valence-corrected chi connectivity index (χ0v) is 28.2. The van der Waals surface area contributed by atoms with Gasteiger partial charge in [-0.3, -0.25) is 14.5 Å². The van der Waals surface area contributed by atoms with E-state index in [0.29, 0.717) is 39.9 Å². The number of rotatable bonds is 12. The van der Waals surface area contributed by atoms with E-state index in [9.17, 15) is 24.9 Å². The third kappa shape index (κ3) is 7.25. The van der Waals surface area contributed by atoms with Gasteiger partial charge >= 0.3 is 0 Å². The van der Waals surface area contributed by atoms with Crippen LogP contribution in [0.25, 0.3) is 6.08 Å². The molecule has 0 bridgehead atoms. The largest absolute Gasteiger partial charge is 0.504 e. The summed E-state index contributed by atoms with van der Waals surface area (Å²) < 4.78 is 12.1. The molecule has 1 heterocycles. The topological polar surface area (TPSA) is 117 Å². The van der Waals surface area contributed by atoms with Crippen LogP contribution in [-0.4, -0.2) is 64.5 Å². The number of halogens is 1. The molecule has 0 unspecified atom stereocenters. The average molecular weight is 730 g/mol. The van der Waals surface area contributed by atoms with Crippen molar-refractivity contribution in [2.75, 3.05) is 20.3 Å². The van der Waals surface area contributed by atoms with Crippen LogP contribution in [0.4, 0.5) is 0 Å². The highest BCUT2D eigenvalue weighted by Crippen LogP contribution is 2.48. The fourth-order valence-corrected chi connectivity index (χ4v) is 8.02. The van der Waals surface area contributed by atoms with E-state index in [1.165, 1.54) is 12.0 Å². The van der Waals surface area contributed by atoms with E-state index in [-0.39, 0.29) is 36.8 Å². The number of benzene rings is 2. The van der Waals surface area contributed by atoms with E-state index in [4.69, 9.17) is 9.47 Å². The number of ether oxygens (including phenoxy) is 2. The van der Waals surface area contributed by atoms with Crippen molar-refractivity contribution in [2.24, 2.45) is 17.8 Å². The molecule has 45 heavy (non-hydrogen) atoms. The second-order valence-electron chi connectivity index (χ2n) is 12.4. The minimum atomic E-state index is -0.923. The van der Waals surface area contributed by atoms with Crippen LogP contribution in [0.15, 0.2) is 59.2 Å². The van der Waals surface area contributed by atoms with Crippen LogP contribution in [-0.2, 0) is 9.59 Å². The van der Waals surface area contributed by atoms with Crippen LogP contribution in [0, 0.1) is 21.3 Å². The number of aliphatic hydroxyl groups excluding tert-OH is 2. The fourth-order valence-electron chi connectivity index (χ4n) is 7.40. The van der Waals surface area contributed by atoms with Gasteiger partial charge in [0, 0.05) is 12.0 Å². The third-order valence-electron chi connectivity index (χ3n) is 9.70. The van der Waals surface area contributed by atoms with Gasteiger partial charge in [0.25, 0.3) is 0 Å². The van der Waals surface area contributed by atoms with E-state index < -0.39 is 23.9 Å². The Kier molecular flexibility index (Phi) is 11.3. The molecule has 0 spiro atoms. The minimum absolute atomic E-state index is 0.0834. The first-order valence-corrected chi connectivity index (χ1v) is 17.2. The highest BCUT2D eigenvalue weighted by Gasteiger charge is 2.56. The number of likely N-dealkylation sites (tertiary alicyclic amines) is 1. The monoisotopic (exact) mass is 729 g/mol. The molecule has 2 amide bonds. The summed E-state index contributed by atoms with van der Waals surface area (Å²) in [6.45, 7) is 1.90. The third-order valence-corrected chi connectivity index (χ3v) is 10.5. The number of fused-ring (bicyclic) bond motifs is 1. The lowest BCUT2D eigenvalue weighted by Gasteiger charge is -2.36. The van der Waals surface area contributed by atoms with Gasteiger partial charge in [-0.1, -0.05) is 56.0 Å². The number of allylic oxidation sites excluding steroid dienone is 1. The predicted octanol–water partition coefficient (Wildman–Crippen LogP) is 6.26. The summed E-state index contributed by atoms with van der Waals surface area (Å²) in [7, 11) is 1.52. The Bertz CT molecular complexity index is 1430. The van der Waals surface area contributed by atoms with Crippen LogP contribution in [0.3, 0.4) is 0 Å². The van der Waals surface area contributed by atoms with Crippen molar-refractivity contribution < 1.29 is 34.4 Å². The number of nitrogens with zero attached hydrogens (tertiary/aromatic N) is 1. The molecule has 1 saturated heterocycles. The second-order valence-corrected chi connectivity index (χ2v) is 13.6. The van der Waals surface area contributed by atoms with Crippen molar-refractivity contribution in [1.29, 1.82) is 0 Å². The molecular weight excluding hydrogens is 685 g/mol. The quantitative estimate of drug-likeness (QED) is 0.134. The highest BCUT2D eigenvalue weighted by molar-refractivity contribution is 14.1. The van der Waals surface area contributed by atoms with Crippen molar-refractivity contribution in [1.82, 2.24) is 4.90 Å². The van der Waals surface area contributed by atoms with Crippen LogP contribution in [0.2, 0.25) is 0 Å². The summed E-state index contributed by atoms with van der Waals surface area (Å²) in [6.07, 6.45) is 7.95. The average Bonchev–Trinajstić information content (AvgIpc) is 3.31. The Morgan fingerprint density at radius 3 is 2.51 bits per heavy atom. The predicted molar refractivity (Wildman–Crippen MR) is 181 cm³/mol. The molecule has 4 atom stereocenters. The van der Waals surface area contributed by atoms with E-state index >= 15 is 0 Å². The van der Waals surface area contributed by atoms with Crippen LogP contribution in [0.5, 0.6) is 17.2 Å².